The van der Waals surface area contributed by atoms with Crippen LogP contribution in [-0.2, 0) is 37.1 Å². The van der Waals surface area contributed by atoms with Crippen molar-refractivity contribution in [3.8, 4) is 0 Å². The van der Waals surface area contributed by atoms with Crippen LogP contribution in [0.5, 0.6) is 0 Å². The summed E-state index contributed by atoms with van der Waals surface area (Å²) in [6.07, 6.45) is 1.57. The van der Waals surface area contributed by atoms with E-state index in [2.05, 4.69) is 10.6 Å². The minimum atomic E-state index is -0.883. The Bertz CT molecular complexity index is 1490. The molecule has 184 valence electrons. The maximum absolute atomic E-state index is 13.4. The van der Waals surface area contributed by atoms with Gasteiger partial charge in [0.2, 0.25) is 5.91 Å². The maximum atomic E-state index is 13.4. The summed E-state index contributed by atoms with van der Waals surface area (Å²) in [6, 6.07) is 12.3. The van der Waals surface area contributed by atoms with Crippen LogP contribution in [0.1, 0.15) is 26.3 Å². The molecule has 1 atom stereocenters. The third kappa shape index (κ3) is 4.94. The van der Waals surface area contributed by atoms with Crippen LogP contribution >= 0.6 is 0 Å². The summed E-state index contributed by atoms with van der Waals surface area (Å²) in [6.45, 7) is 5.31. The lowest BCUT2D eigenvalue weighted by atomic mass is 10.0. The Labute approximate surface area is 203 Å². The van der Waals surface area contributed by atoms with Crippen molar-refractivity contribution in [2.75, 3.05) is 5.32 Å². The molecular formula is C26H31N5O4. The molecule has 4 rings (SSSR count). The van der Waals surface area contributed by atoms with Gasteiger partial charge in [-0.25, -0.2) is 9.59 Å². The number of fused-ring (bicyclic) bond motifs is 2. The molecule has 9 heteroatoms. The second-order valence-electron chi connectivity index (χ2n) is 9.78. The van der Waals surface area contributed by atoms with E-state index in [4.69, 9.17) is 4.74 Å². The molecule has 0 unspecified atom stereocenters. The summed E-state index contributed by atoms with van der Waals surface area (Å²) >= 11 is 0. The molecule has 0 radical (unpaired) electrons. The molecule has 4 aromatic rings. The molecule has 0 aliphatic carbocycles. The molecule has 0 aliphatic rings. The van der Waals surface area contributed by atoms with Gasteiger partial charge in [-0.3, -0.25) is 13.9 Å². The Kier molecular flexibility index (Phi) is 6.19. The van der Waals surface area contributed by atoms with E-state index in [-0.39, 0.29) is 18.0 Å². The summed E-state index contributed by atoms with van der Waals surface area (Å²) in [5.74, 6) is -0.385. The van der Waals surface area contributed by atoms with Crippen molar-refractivity contribution in [3.63, 3.8) is 0 Å². The zero-order valence-corrected chi connectivity index (χ0v) is 20.9. The highest BCUT2D eigenvalue weighted by molar-refractivity contribution is 5.98. The van der Waals surface area contributed by atoms with Crippen molar-refractivity contribution in [2.24, 2.45) is 21.1 Å². The van der Waals surface area contributed by atoms with Crippen molar-refractivity contribution in [1.29, 1.82) is 0 Å². The fraction of sp³-hybridized carbons (Fsp3) is 0.346. The predicted octanol–water partition coefficient (Wildman–Crippen LogP) is 3.44. The van der Waals surface area contributed by atoms with Crippen LogP contribution < -0.4 is 16.3 Å². The average Bonchev–Trinajstić information content (AvgIpc) is 3.21. The number of ether oxygens (including phenoxy) is 1. The van der Waals surface area contributed by atoms with Crippen molar-refractivity contribution < 1.29 is 14.3 Å². The quantitative estimate of drug-likeness (QED) is 0.460. The number of alkyl carbamates (subject to hydrolysis) is 1. The zero-order valence-electron chi connectivity index (χ0n) is 20.9. The van der Waals surface area contributed by atoms with Gasteiger partial charge >= 0.3 is 11.8 Å². The van der Waals surface area contributed by atoms with Crippen molar-refractivity contribution in [3.05, 3.63) is 64.7 Å². The molecule has 0 aliphatic heterocycles. The molecule has 0 bridgehead atoms. The van der Waals surface area contributed by atoms with Gasteiger partial charge in [0.1, 0.15) is 11.6 Å². The molecule has 2 aromatic heterocycles. The lowest BCUT2D eigenvalue weighted by Gasteiger charge is -2.23. The molecule has 2 heterocycles. The summed E-state index contributed by atoms with van der Waals surface area (Å²) in [5, 5.41) is 6.64. The smallest absolute Gasteiger partial charge is 0.408 e. The highest BCUT2D eigenvalue weighted by Crippen LogP contribution is 2.23. The first kappa shape index (κ1) is 24.1. The second-order valence-corrected chi connectivity index (χ2v) is 9.78. The fourth-order valence-corrected chi connectivity index (χ4v) is 4.28. The van der Waals surface area contributed by atoms with Crippen LogP contribution in [0.3, 0.4) is 0 Å². The number of nitrogens with zero attached hydrogens (tertiary/aromatic N) is 3. The van der Waals surface area contributed by atoms with Gasteiger partial charge in [-0.05, 0) is 50.6 Å². The summed E-state index contributed by atoms with van der Waals surface area (Å²) < 4.78 is 10.5. The fourth-order valence-electron chi connectivity index (χ4n) is 4.28. The number of rotatable bonds is 5. The van der Waals surface area contributed by atoms with Gasteiger partial charge in [-0.15, -0.1) is 0 Å². The third-order valence-electron chi connectivity index (χ3n) is 5.95. The lowest BCUT2D eigenvalue weighted by molar-refractivity contribution is -0.118. The highest BCUT2D eigenvalue weighted by Gasteiger charge is 2.26. The number of carbonyl (C=O) groups excluding carboxylic acids is 2. The van der Waals surface area contributed by atoms with E-state index >= 15 is 0 Å². The number of aromatic nitrogens is 3. The molecule has 35 heavy (non-hydrogen) atoms. The van der Waals surface area contributed by atoms with Crippen LogP contribution in [0, 0.1) is 0 Å². The van der Waals surface area contributed by atoms with Gasteiger partial charge in [-0.2, -0.15) is 0 Å². The van der Waals surface area contributed by atoms with E-state index in [1.54, 1.807) is 57.6 Å². The van der Waals surface area contributed by atoms with Crippen LogP contribution in [-0.4, -0.2) is 37.3 Å². The maximum Gasteiger partial charge on any atom is 0.408 e. The van der Waals surface area contributed by atoms with Gasteiger partial charge < -0.3 is 19.9 Å². The van der Waals surface area contributed by atoms with Crippen molar-refractivity contribution in [2.45, 2.75) is 38.8 Å². The van der Waals surface area contributed by atoms with Crippen molar-refractivity contribution >= 4 is 39.6 Å². The lowest BCUT2D eigenvalue weighted by Crippen LogP contribution is -2.47. The molecule has 0 spiro atoms. The number of nitrogens with one attached hydrogen (secondary N) is 2. The Morgan fingerprint density at radius 2 is 1.66 bits per heavy atom. The standard InChI is InChI=1S/C26H31N5O4/c1-26(2,3)35-24(33)28-19(13-16-15-29(4)20-10-8-7-9-18(16)20)23(32)27-17-11-12-21-22(14-17)31(6)25(34)30(21)5/h7-12,14-15,19H,13H2,1-6H3,(H,27,32)(H,28,33)/t19-/m0/s1. The first-order chi connectivity index (χ1) is 16.4. The Morgan fingerprint density at radius 3 is 2.37 bits per heavy atom. The van der Waals surface area contributed by atoms with Crippen LogP contribution in [0.2, 0.25) is 0 Å². The molecule has 0 saturated heterocycles. The van der Waals surface area contributed by atoms with Crippen LogP contribution in [0.15, 0.2) is 53.5 Å². The number of hydrogen-bond donors (Lipinski definition) is 2. The number of benzene rings is 2. The normalized spacial score (nSPS) is 12.6. The molecule has 9 nitrogen and oxygen atoms in total. The predicted molar refractivity (Wildman–Crippen MR) is 137 cm³/mol. The van der Waals surface area contributed by atoms with E-state index in [0.717, 1.165) is 22.0 Å². The van der Waals surface area contributed by atoms with Crippen LogP contribution in [0.25, 0.3) is 21.9 Å². The monoisotopic (exact) mass is 477 g/mol. The molecule has 2 amide bonds. The van der Waals surface area contributed by atoms with Gasteiger partial charge in [0.05, 0.1) is 11.0 Å². The summed E-state index contributed by atoms with van der Waals surface area (Å²) in [5.41, 5.74) is 3.10. The molecule has 0 saturated carbocycles. The van der Waals surface area contributed by atoms with Crippen LogP contribution in [0.4, 0.5) is 10.5 Å². The van der Waals surface area contributed by atoms with E-state index in [9.17, 15) is 14.4 Å². The number of imidazole rings is 1. The summed E-state index contributed by atoms with van der Waals surface area (Å²) in [7, 11) is 5.33. The minimum absolute atomic E-state index is 0.149. The van der Waals surface area contributed by atoms with Gasteiger partial charge in [-0.1, -0.05) is 18.2 Å². The number of hydrogen-bond acceptors (Lipinski definition) is 4. The van der Waals surface area contributed by atoms with Crippen molar-refractivity contribution in [1.82, 2.24) is 19.0 Å². The Balaban J connectivity index is 1.64. The average molecular weight is 478 g/mol. The first-order valence-electron chi connectivity index (χ1n) is 11.4. The molecular weight excluding hydrogens is 446 g/mol. The first-order valence-corrected chi connectivity index (χ1v) is 11.4. The van der Waals surface area contributed by atoms with E-state index in [1.165, 1.54) is 4.57 Å². The van der Waals surface area contributed by atoms with E-state index in [1.807, 2.05) is 42.1 Å². The highest BCUT2D eigenvalue weighted by atomic mass is 16.6. The SMILES string of the molecule is Cn1cc(C[C@H](NC(=O)OC(C)(C)C)C(=O)Nc2ccc3c(c2)n(C)c(=O)n3C)c2ccccc21. The largest absolute Gasteiger partial charge is 0.444 e. The van der Waals surface area contributed by atoms with Gasteiger partial charge in [0.25, 0.3) is 0 Å². The third-order valence-corrected chi connectivity index (χ3v) is 5.95. The molecule has 2 N–H and O–H groups in total. The number of aryl methyl sites for hydroxylation is 3. The van der Waals surface area contributed by atoms with E-state index < -0.39 is 17.7 Å². The van der Waals surface area contributed by atoms with Gasteiger partial charge in [0, 0.05) is 50.4 Å². The number of anilines is 1. The van der Waals surface area contributed by atoms with Gasteiger partial charge in [0.15, 0.2) is 0 Å². The zero-order chi connectivity index (χ0) is 25.5. The topological polar surface area (TPSA) is 99.3 Å². The number of carbonyl (C=O) groups is 2. The second kappa shape index (κ2) is 8.98. The molecule has 0 fully saturated rings. The van der Waals surface area contributed by atoms with E-state index in [0.29, 0.717) is 11.2 Å². The summed E-state index contributed by atoms with van der Waals surface area (Å²) in [4.78, 5) is 38.2. The number of para-hydroxylation sites is 1. The Morgan fingerprint density at radius 1 is 0.971 bits per heavy atom. The number of amides is 2. The Hall–Kier alpha value is -4.01. The minimum Gasteiger partial charge on any atom is -0.444 e. The molecule has 2 aromatic carbocycles.